The van der Waals surface area contributed by atoms with Gasteiger partial charge in [-0.3, -0.25) is 9.80 Å². The number of nitrogens with zero attached hydrogens (tertiary/aromatic N) is 5. The van der Waals surface area contributed by atoms with Crippen molar-refractivity contribution in [3.63, 3.8) is 0 Å². The van der Waals surface area contributed by atoms with Crippen LogP contribution in [0.5, 0.6) is 5.75 Å². The van der Waals surface area contributed by atoms with Gasteiger partial charge in [-0.1, -0.05) is 30.3 Å². The van der Waals surface area contributed by atoms with Crippen LogP contribution in [-0.2, 0) is 11.2 Å². The predicted octanol–water partition coefficient (Wildman–Crippen LogP) is 2.94. The molecule has 8 heteroatoms. The fourth-order valence-electron chi connectivity index (χ4n) is 5.12. The van der Waals surface area contributed by atoms with Crippen molar-refractivity contribution in [1.29, 1.82) is 5.26 Å². The van der Waals surface area contributed by atoms with Crippen molar-refractivity contribution < 1.29 is 14.3 Å². The Labute approximate surface area is 221 Å². The average Bonchev–Trinajstić information content (AvgIpc) is 2.90. The molecule has 2 fully saturated rings. The first-order chi connectivity index (χ1) is 18.0. The minimum atomic E-state index is -0.0125. The maximum Gasteiger partial charge on any atom is 0.319 e. The normalized spacial score (nSPS) is 19.7. The van der Waals surface area contributed by atoms with Gasteiger partial charge in [0.05, 0.1) is 30.4 Å². The van der Waals surface area contributed by atoms with Crippen molar-refractivity contribution >= 4 is 6.03 Å². The summed E-state index contributed by atoms with van der Waals surface area (Å²) in [5, 5.41) is 8.94. The fraction of sp³-hybridized carbons (Fsp3) is 0.517. The highest BCUT2D eigenvalue weighted by atomic mass is 16.5. The first kappa shape index (κ1) is 26.9. The van der Waals surface area contributed by atoms with Gasteiger partial charge in [0.15, 0.2) is 0 Å². The van der Waals surface area contributed by atoms with E-state index in [9.17, 15) is 4.79 Å². The monoisotopic (exact) mass is 505 g/mol. The summed E-state index contributed by atoms with van der Waals surface area (Å²) in [6, 6.07) is 19.8. The van der Waals surface area contributed by atoms with E-state index in [0.717, 1.165) is 45.7 Å². The Morgan fingerprint density at radius 3 is 2.24 bits per heavy atom. The zero-order valence-electron chi connectivity index (χ0n) is 22.1. The molecule has 2 saturated heterocycles. The zero-order chi connectivity index (χ0) is 26.0. The highest BCUT2D eigenvalue weighted by Gasteiger charge is 2.34. The molecule has 2 unspecified atom stereocenters. The third kappa shape index (κ3) is 8.19. The number of amides is 2. The van der Waals surface area contributed by atoms with Crippen molar-refractivity contribution in [2.24, 2.45) is 0 Å². The summed E-state index contributed by atoms with van der Waals surface area (Å²) in [6.07, 6.45) is 2.73. The van der Waals surface area contributed by atoms with Gasteiger partial charge in [0.1, 0.15) is 12.4 Å². The fourth-order valence-corrected chi connectivity index (χ4v) is 5.12. The van der Waals surface area contributed by atoms with E-state index in [1.165, 1.54) is 12.0 Å². The molecule has 2 amide bonds. The largest absolute Gasteiger partial charge is 0.492 e. The van der Waals surface area contributed by atoms with Gasteiger partial charge < -0.3 is 19.3 Å². The topological polar surface area (TPSA) is 72.3 Å². The lowest BCUT2D eigenvalue weighted by molar-refractivity contribution is -0.138. The molecule has 0 radical (unpaired) electrons. The molecule has 37 heavy (non-hydrogen) atoms. The average molecular weight is 506 g/mol. The molecule has 2 heterocycles. The third-order valence-electron chi connectivity index (χ3n) is 6.97. The summed E-state index contributed by atoms with van der Waals surface area (Å²) in [5.41, 5.74) is 2.00. The molecule has 2 aliphatic rings. The van der Waals surface area contributed by atoms with Crippen LogP contribution >= 0.6 is 0 Å². The van der Waals surface area contributed by atoms with Crippen molar-refractivity contribution in [2.45, 2.75) is 25.0 Å². The van der Waals surface area contributed by atoms with Gasteiger partial charge in [0.25, 0.3) is 0 Å². The molecule has 0 N–H and O–H groups in total. The van der Waals surface area contributed by atoms with Crippen LogP contribution in [0.25, 0.3) is 0 Å². The number of fused-ring (bicyclic) bond motifs is 2. The summed E-state index contributed by atoms with van der Waals surface area (Å²) < 4.78 is 12.1. The van der Waals surface area contributed by atoms with Crippen LogP contribution in [0.15, 0.2) is 54.6 Å². The molecule has 4 rings (SSSR count). The molecule has 2 atom stereocenters. The smallest absolute Gasteiger partial charge is 0.319 e. The number of nitriles is 1. The van der Waals surface area contributed by atoms with E-state index in [0.29, 0.717) is 31.0 Å². The number of hydrogen-bond donors (Lipinski definition) is 0. The van der Waals surface area contributed by atoms with Gasteiger partial charge in [-0.15, -0.1) is 0 Å². The molecule has 2 aliphatic heterocycles. The van der Waals surface area contributed by atoms with E-state index in [1.54, 1.807) is 43.3 Å². The standard InChI is InChI=1S/C29H39N5O3/c1-31(2)29(35)34(17-18-36-26-12-10-25(19-30)11-13-26)16-15-33-22-27-20-32(21-28(23-33)37-27)14-6-9-24-7-4-3-5-8-24/h3-5,7-8,10-13,27-28H,6,9,14-18,20-23H2,1-2H3. The summed E-state index contributed by atoms with van der Waals surface area (Å²) in [4.78, 5) is 21.3. The van der Waals surface area contributed by atoms with Crippen LogP contribution < -0.4 is 4.74 Å². The minimum absolute atomic E-state index is 0.0125. The summed E-state index contributed by atoms with van der Waals surface area (Å²) in [6.45, 7) is 7.22. The number of rotatable bonds is 11. The molecule has 8 nitrogen and oxygen atoms in total. The highest BCUT2D eigenvalue weighted by molar-refractivity contribution is 5.73. The van der Waals surface area contributed by atoms with Gasteiger partial charge >= 0.3 is 6.03 Å². The van der Waals surface area contributed by atoms with E-state index in [1.807, 2.05) is 4.90 Å². The lowest BCUT2D eigenvalue weighted by atomic mass is 10.1. The maximum atomic E-state index is 12.8. The predicted molar refractivity (Wildman–Crippen MR) is 144 cm³/mol. The molecular formula is C29H39N5O3. The van der Waals surface area contributed by atoms with Crippen molar-refractivity contribution in [3.8, 4) is 11.8 Å². The van der Waals surface area contributed by atoms with Gasteiger partial charge in [0, 0.05) is 53.4 Å². The Kier molecular flexibility index (Phi) is 9.78. The van der Waals surface area contributed by atoms with Crippen molar-refractivity contribution in [3.05, 3.63) is 65.7 Å². The van der Waals surface area contributed by atoms with Crippen molar-refractivity contribution in [2.75, 3.05) is 73.1 Å². The van der Waals surface area contributed by atoms with Gasteiger partial charge in [-0.2, -0.15) is 5.26 Å². The number of hydrogen-bond acceptors (Lipinski definition) is 6. The van der Waals surface area contributed by atoms with E-state index < -0.39 is 0 Å². The molecule has 2 aromatic rings. The first-order valence-electron chi connectivity index (χ1n) is 13.2. The summed E-state index contributed by atoms with van der Waals surface area (Å²) in [5.74, 6) is 0.700. The summed E-state index contributed by atoms with van der Waals surface area (Å²) >= 11 is 0. The second kappa shape index (κ2) is 13.4. The minimum Gasteiger partial charge on any atom is -0.492 e. The summed E-state index contributed by atoms with van der Waals surface area (Å²) in [7, 11) is 3.56. The van der Waals surface area contributed by atoms with Crippen LogP contribution in [0.4, 0.5) is 4.79 Å². The Balaban J connectivity index is 1.21. The molecule has 0 saturated carbocycles. The van der Waals surface area contributed by atoms with Crippen LogP contribution in [0.1, 0.15) is 17.5 Å². The van der Waals surface area contributed by atoms with Crippen LogP contribution in [-0.4, -0.2) is 111 Å². The second-order valence-electron chi connectivity index (χ2n) is 10.1. The lowest BCUT2D eigenvalue weighted by Gasteiger charge is -2.46. The Hall–Kier alpha value is -3.12. The van der Waals surface area contributed by atoms with Crippen LogP contribution in [0.3, 0.4) is 0 Å². The van der Waals surface area contributed by atoms with E-state index in [2.05, 4.69) is 46.2 Å². The number of morpholine rings is 2. The molecule has 198 valence electrons. The highest BCUT2D eigenvalue weighted by Crippen LogP contribution is 2.20. The zero-order valence-corrected chi connectivity index (χ0v) is 22.1. The number of carbonyl (C=O) groups excluding carboxylic acids is 1. The molecule has 2 aromatic carbocycles. The molecule has 2 bridgehead atoms. The van der Waals surface area contributed by atoms with Gasteiger partial charge in [-0.25, -0.2) is 4.79 Å². The number of aryl methyl sites for hydroxylation is 1. The quantitative estimate of drug-likeness (QED) is 0.468. The van der Waals surface area contributed by atoms with Gasteiger partial charge in [0.2, 0.25) is 0 Å². The number of urea groups is 1. The number of carbonyl (C=O) groups is 1. The van der Waals surface area contributed by atoms with Crippen molar-refractivity contribution in [1.82, 2.24) is 19.6 Å². The Morgan fingerprint density at radius 2 is 1.62 bits per heavy atom. The maximum absolute atomic E-state index is 12.8. The molecular weight excluding hydrogens is 466 g/mol. The third-order valence-corrected chi connectivity index (χ3v) is 6.97. The Morgan fingerprint density at radius 1 is 0.973 bits per heavy atom. The molecule has 0 aliphatic carbocycles. The first-order valence-corrected chi connectivity index (χ1v) is 13.2. The van der Waals surface area contributed by atoms with E-state index in [4.69, 9.17) is 14.7 Å². The van der Waals surface area contributed by atoms with Gasteiger partial charge in [-0.05, 0) is 49.2 Å². The SMILES string of the molecule is CN(C)C(=O)N(CCOc1ccc(C#N)cc1)CCN1CC2CN(CCCc3ccccc3)CC(C1)O2. The number of ether oxygens (including phenoxy) is 2. The second-order valence-corrected chi connectivity index (χ2v) is 10.1. The number of benzene rings is 2. The lowest BCUT2D eigenvalue weighted by Crippen LogP contribution is -2.60. The van der Waals surface area contributed by atoms with E-state index >= 15 is 0 Å². The molecule has 0 aromatic heterocycles. The van der Waals surface area contributed by atoms with Crippen LogP contribution in [0, 0.1) is 11.3 Å². The molecule has 0 spiro atoms. The Bertz CT molecular complexity index is 1010. The van der Waals surface area contributed by atoms with Crippen LogP contribution in [0.2, 0.25) is 0 Å². The van der Waals surface area contributed by atoms with E-state index in [-0.39, 0.29) is 18.2 Å².